The van der Waals surface area contributed by atoms with Gasteiger partial charge in [-0.05, 0) is 26.0 Å². The molecule has 0 atom stereocenters. The number of benzene rings is 1. The van der Waals surface area contributed by atoms with Crippen molar-refractivity contribution in [3.63, 3.8) is 0 Å². The van der Waals surface area contributed by atoms with Crippen molar-refractivity contribution in [1.29, 1.82) is 0 Å². The van der Waals surface area contributed by atoms with Gasteiger partial charge in [-0.1, -0.05) is 0 Å². The van der Waals surface area contributed by atoms with Gasteiger partial charge in [0.05, 0.1) is 22.4 Å². The number of ether oxygens (including phenoxy) is 1. The summed E-state index contributed by atoms with van der Waals surface area (Å²) >= 11 is 0. The molecule has 0 radical (unpaired) electrons. The van der Waals surface area contributed by atoms with Crippen LogP contribution in [-0.2, 0) is 26.5 Å². The van der Waals surface area contributed by atoms with Gasteiger partial charge in [-0.2, -0.15) is 13.2 Å². The predicted octanol–water partition coefficient (Wildman–Crippen LogP) is 3.26. The van der Waals surface area contributed by atoms with Crippen molar-refractivity contribution in [2.24, 2.45) is 0 Å². The molecule has 0 saturated carbocycles. The zero-order valence-electron chi connectivity index (χ0n) is 13.7. The molecule has 0 aliphatic rings. The van der Waals surface area contributed by atoms with Gasteiger partial charge in [0.2, 0.25) is 10.0 Å². The number of rotatable bonds is 4. The highest BCUT2D eigenvalue weighted by Crippen LogP contribution is 2.41. The van der Waals surface area contributed by atoms with E-state index in [-0.39, 0.29) is 16.6 Å². The molecule has 0 bridgehead atoms. The minimum absolute atomic E-state index is 0.00903. The second-order valence-electron chi connectivity index (χ2n) is 5.95. The van der Waals surface area contributed by atoms with E-state index >= 15 is 0 Å². The Morgan fingerprint density at radius 1 is 1.20 bits per heavy atom. The molecular formula is C14H15F3N2O5S. The number of nitro groups is 1. The minimum atomic E-state index is -5.01. The lowest BCUT2D eigenvalue weighted by molar-refractivity contribution is -0.387. The first kappa shape index (κ1) is 19.2. The van der Waals surface area contributed by atoms with E-state index in [1.165, 1.54) is 27.0 Å². The van der Waals surface area contributed by atoms with Crippen molar-refractivity contribution in [1.82, 2.24) is 3.97 Å². The highest BCUT2D eigenvalue weighted by Gasteiger charge is 2.40. The largest absolute Gasteiger partial charge is 0.423 e. The second-order valence-corrected chi connectivity index (χ2v) is 7.79. The van der Waals surface area contributed by atoms with Crippen LogP contribution < -0.4 is 0 Å². The van der Waals surface area contributed by atoms with E-state index in [0.29, 0.717) is 10.0 Å². The van der Waals surface area contributed by atoms with E-state index in [0.717, 1.165) is 12.3 Å². The highest BCUT2D eigenvalue weighted by molar-refractivity contribution is 7.89. The Hall–Kier alpha value is -2.14. The quantitative estimate of drug-likeness (QED) is 0.600. The lowest BCUT2D eigenvalue weighted by Crippen LogP contribution is -2.26. The van der Waals surface area contributed by atoms with Crippen molar-refractivity contribution in [3.05, 3.63) is 39.6 Å². The zero-order valence-corrected chi connectivity index (χ0v) is 14.5. The first-order chi connectivity index (χ1) is 11.2. The maximum atomic E-state index is 13.2. The van der Waals surface area contributed by atoms with Gasteiger partial charge < -0.3 is 4.74 Å². The third kappa shape index (κ3) is 3.33. The summed E-state index contributed by atoms with van der Waals surface area (Å²) in [6.07, 6.45) is -4.18. The molecule has 1 heterocycles. The van der Waals surface area contributed by atoms with Gasteiger partial charge in [0, 0.05) is 18.6 Å². The fraction of sp³-hybridized carbons (Fsp3) is 0.429. The van der Waals surface area contributed by atoms with Gasteiger partial charge in [0.1, 0.15) is 11.2 Å². The Morgan fingerprint density at radius 2 is 1.76 bits per heavy atom. The van der Waals surface area contributed by atoms with Crippen LogP contribution in [0.2, 0.25) is 0 Å². The molecule has 1 aromatic carbocycles. The summed E-state index contributed by atoms with van der Waals surface area (Å²) in [6.45, 7) is 3.06. The number of nitro benzene ring substituents is 1. The topological polar surface area (TPSA) is 91.4 Å². The molecule has 0 amide bonds. The van der Waals surface area contributed by atoms with Crippen LogP contribution in [0.25, 0.3) is 10.9 Å². The smallest absolute Gasteiger partial charge is 0.373 e. The summed E-state index contributed by atoms with van der Waals surface area (Å²) in [4.78, 5) is 9.86. The molecule has 7 nitrogen and oxygen atoms in total. The van der Waals surface area contributed by atoms with Crippen molar-refractivity contribution >= 4 is 26.6 Å². The Bertz CT molecular complexity index is 961. The summed E-state index contributed by atoms with van der Waals surface area (Å²) in [5.74, 6) is 0. The number of alkyl halides is 3. The zero-order chi connectivity index (χ0) is 19.4. The molecule has 0 spiro atoms. The van der Waals surface area contributed by atoms with E-state index in [1.807, 2.05) is 0 Å². The molecule has 25 heavy (non-hydrogen) atoms. The van der Waals surface area contributed by atoms with Crippen molar-refractivity contribution in [3.8, 4) is 0 Å². The second kappa shape index (κ2) is 5.70. The Balaban J connectivity index is 3.04. The first-order valence-electron chi connectivity index (χ1n) is 6.87. The molecule has 0 aliphatic heterocycles. The van der Waals surface area contributed by atoms with E-state index < -0.39 is 38.0 Å². The summed E-state index contributed by atoms with van der Waals surface area (Å²) in [7, 11) is -2.69. The van der Waals surface area contributed by atoms with Gasteiger partial charge in [-0.3, -0.25) is 10.1 Å². The van der Waals surface area contributed by atoms with Crippen LogP contribution in [0.5, 0.6) is 0 Å². The van der Waals surface area contributed by atoms with Gasteiger partial charge in [0.25, 0.3) is 5.69 Å². The van der Waals surface area contributed by atoms with E-state index in [4.69, 9.17) is 4.74 Å². The molecule has 0 N–H and O–H groups in total. The summed E-state index contributed by atoms with van der Waals surface area (Å²) in [5.41, 5.74) is -4.07. The number of fused-ring (bicyclic) bond motifs is 1. The molecule has 0 aliphatic carbocycles. The molecule has 0 unspecified atom stereocenters. The molecular weight excluding hydrogens is 365 g/mol. The Morgan fingerprint density at radius 3 is 2.16 bits per heavy atom. The van der Waals surface area contributed by atoms with Crippen LogP contribution in [0.15, 0.2) is 18.2 Å². The number of aromatic nitrogens is 1. The van der Waals surface area contributed by atoms with E-state index in [1.54, 1.807) is 0 Å². The van der Waals surface area contributed by atoms with Crippen molar-refractivity contribution in [2.75, 3.05) is 13.4 Å². The normalized spacial score (nSPS) is 13.4. The third-order valence-electron chi connectivity index (χ3n) is 3.84. The monoisotopic (exact) mass is 380 g/mol. The predicted molar refractivity (Wildman–Crippen MR) is 83.9 cm³/mol. The molecule has 0 fully saturated rings. The first-order valence-corrected chi connectivity index (χ1v) is 8.72. The summed E-state index contributed by atoms with van der Waals surface area (Å²) in [6, 6.07) is 2.46. The number of hydrogen-bond acceptors (Lipinski definition) is 5. The molecule has 11 heteroatoms. The van der Waals surface area contributed by atoms with Gasteiger partial charge in [-0.15, -0.1) is 0 Å². The average Bonchev–Trinajstić information content (AvgIpc) is 2.84. The fourth-order valence-electron chi connectivity index (χ4n) is 2.48. The van der Waals surface area contributed by atoms with Gasteiger partial charge in [0.15, 0.2) is 0 Å². The molecule has 0 saturated heterocycles. The van der Waals surface area contributed by atoms with Crippen LogP contribution in [0.1, 0.15) is 25.1 Å². The Labute approximate surface area is 141 Å². The number of methoxy groups -OCH3 is 1. The van der Waals surface area contributed by atoms with Gasteiger partial charge in [-0.25, -0.2) is 12.4 Å². The lowest BCUT2D eigenvalue weighted by Gasteiger charge is -2.24. The average molecular weight is 380 g/mol. The maximum absolute atomic E-state index is 13.2. The SMILES string of the molecule is COC(C)(C)c1cc2cc([N+](=O)[O-])c(C(F)(F)F)cc2n1S(C)(=O)=O. The highest BCUT2D eigenvalue weighted by atomic mass is 32.2. The van der Waals surface area contributed by atoms with Crippen LogP contribution in [0.4, 0.5) is 18.9 Å². The van der Waals surface area contributed by atoms with Gasteiger partial charge >= 0.3 is 6.18 Å². The number of halogens is 3. The van der Waals surface area contributed by atoms with E-state index in [2.05, 4.69) is 0 Å². The molecule has 138 valence electrons. The van der Waals surface area contributed by atoms with E-state index in [9.17, 15) is 31.7 Å². The van der Waals surface area contributed by atoms with Crippen LogP contribution in [-0.4, -0.2) is 30.7 Å². The molecule has 1 aromatic heterocycles. The standard InChI is InChI=1S/C14H15F3N2O5S/c1-13(2,24-3)12-6-8-5-11(19(20)21)9(14(15,16)17)7-10(8)18(12)25(4,22)23/h5-7H,1-4H3. The van der Waals surface area contributed by atoms with Crippen LogP contribution in [0, 0.1) is 10.1 Å². The molecule has 2 rings (SSSR count). The third-order valence-corrected chi connectivity index (χ3v) is 4.89. The van der Waals surface area contributed by atoms with Crippen LogP contribution in [0.3, 0.4) is 0 Å². The lowest BCUT2D eigenvalue weighted by atomic mass is 10.0. The maximum Gasteiger partial charge on any atom is 0.423 e. The number of nitrogens with zero attached hydrogens (tertiary/aromatic N) is 2. The van der Waals surface area contributed by atoms with Crippen LogP contribution >= 0.6 is 0 Å². The summed E-state index contributed by atoms with van der Waals surface area (Å²) in [5, 5.41) is 11.0. The van der Waals surface area contributed by atoms with Crippen molar-refractivity contribution < 1.29 is 31.2 Å². The molecule has 2 aromatic rings. The summed E-state index contributed by atoms with van der Waals surface area (Å²) < 4.78 is 69.8. The Kier molecular flexibility index (Phi) is 4.37. The fourth-order valence-corrected chi connectivity index (χ4v) is 3.62. The number of hydrogen-bond donors (Lipinski definition) is 0. The van der Waals surface area contributed by atoms with Crippen molar-refractivity contribution in [2.45, 2.75) is 25.6 Å². The minimum Gasteiger partial charge on any atom is -0.373 e.